The molecular weight excluding hydrogens is 299 g/mol. The molecule has 0 atom stereocenters. The molecule has 1 aromatic carbocycles. The molecule has 7 heteroatoms. The van der Waals surface area contributed by atoms with Gasteiger partial charge in [0.2, 0.25) is 0 Å². The SMILES string of the molecule is CP(C)(=O)c1ccc(N2C=NCN(N3CCOCC3)C2)cc1. The summed E-state index contributed by atoms with van der Waals surface area (Å²) >= 11 is 0. The summed E-state index contributed by atoms with van der Waals surface area (Å²) in [7, 11) is -2.20. The summed E-state index contributed by atoms with van der Waals surface area (Å²) in [6, 6.07) is 7.95. The van der Waals surface area contributed by atoms with Gasteiger partial charge in [0.05, 0.1) is 26.2 Å². The zero-order valence-corrected chi connectivity index (χ0v) is 14.1. The van der Waals surface area contributed by atoms with Crippen molar-refractivity contribution in [2.75, 3.05) is 57.9 Å². The fraction of sp³-hybridized carbons (Fsp3) is 0.533. The average molecular weight is 322 g/mol. The number of hydrazine groups is 1. The van der Waals surface area contributed by atoms with Crippen LogP contribution >= 0.6 is 7.14 Å². The molecule has 2 heterocycles. The van der Waals surface area contributed by atoms with Crippen molar-refractivity contribution in [3.8, 4) is 0 Å². The van der Waals surface area contributed by atoms with Crippen LogP contribution in [0.5, 0.6) is 0 Å². The van der Waals surface area contributed by atoms with Gasteiger partial charge in [0, 0.05) is 24.1 Å². The van der Waals surface area contributed by atoms with Crippen LogP contribution in [-0.2, 0) is 9.30 Å². The first-order chi connectivity index (χ1) is 10.5. The number of benzene rings is 1. The molecule has 0 aromatic heterocycles. The molecule has 0 N–H and O–H groups in total. The lowest BCUT2D eigenvalue weighted by Gasteiger charge is -2.40. The fourth-order valence-corrected chi connectivity index (χ4v) is 3.52. The van der Waals surface area contributed by atoms with Gasteiger partial charge in [-0.05, 0) is 37.6 Å². The second-order valence-corrected chi connectivity index (χ2v) is 9.21. The van der Waals surface area contributed by atoms with Gasteiger partial charge in [-0.3, -0.25) is 4.99 Å². The minimum Gasteiger partial charge on any atom is -0.379 e. The number of nitrogens with zero attached hydrogens (tertiary/aromatic N) is 4. The summed E-state index contributed by atoms with van der Waals surface area (Å²) in [4.78, 5) is 6.56. The highest BCUT2D eigenvalue weighted by Crippen LogP contribution is 2.34. The van der Waals surface area contributed by atoms with Gasteiger partial charge in [0.25, 0.3) is 0 Å². The van der Waals surface area contributed by atoms with E-state index < -0.39 is 7.14 Å². The van der Waals surface area contributed by atoms with E-state index in [0.717, 1.165) is 44.0 Å². The van der Waals surface area contributed by atoms with Crippen molar-refractivity contribution < 1.29 is 9.30 Å². The van der Waals surface area contributed by atoms with Crippen LogP contribution in [0.1, 0.15) is 0 Å². The lowest BCUT2D eigenvalue weighted by molar-refractivity contribution is -0.0885. The molecule has 6 nitrogen and oxygen atoms in total. The summed E-state index contributed by atoms with van der Waals surface area (Å²) in [6.45, 7) is 8.43. The zero-order valence-electron chi connectivity index (χ0n) is 13.2. The Morgan fingerprint density at radius 1 is 1.09 bits per heavy atom. The lowest BCUT2D eigenvalue weighted by atomic mass is 10.3. The first-order valence-corrected chi connectivity index (χ1v) is 10.1. The van der Waals surface area contributed by atoms with Crippen molar-refractivity contribution in [2.45, 2.75) is 0 Å². The van der Waals surface area contributed by atoms with Crippen molar-refractivity contribution in [1.82, 2.24) is 10.0 Å². The highest BCUT2D eigenvalue weighted by molar-refractivity contribution is 7.70. The zero-order chi connectivity index (χ0) is 15.6. The van der Waals surface area contributed by atoms with Crippen LogP contribution in [0, 0.1) is 0 Å². The third-order valence-electron chi connectivity index (χ3n) is 3.97. The molecule has 0 aliphatic carbocycles. The van der Waals surface area contributed by atoms with E-state index in [1.807, 2.05) is 30.6 Å². The molecule has 1 fully saturated rings. The Hall–Kier alpha value is -1.20. The first-order valence-electron chi connectivity index (χ1n) is 7.54. The predicted octanol–water partition coefficient (Wildman–Crippen LogP) is 1.25. The van der Waals surface area contributed by atoms with Crippen molar-refractivity contribution in [2.24, 2.45) is 4.99 Å². The van der Waals surface area contributed by atoms with E-state index in [2.05, 4.69) is 19.9 Å². The van der Waals surface area contributed by atoms with Gasteiger partial charge in [-0.1, -0.05) is 0 Å². The Morgan fingerprint density at radius 2 is 1.77 bits per heavy atom. The van der Waals surface area contributed by atoms with Gasteiger partial charge < -0.3 is 14.2 Å². The van der Waals surface area contributed by atoms with E-state index >= 15 is 0 Å². The van der Waals surface area contributed by atoms with Crippen molar-refractivity contribution in [3.63, 3.8) is 0 Å². The molecule has 3 rings (SSSR count). The van der Waals surface area contributed by atoms with E-state index in [9.17, 15) is 4.57 Å². The number of hydrogen-bond donors (Lipinski definition) is 0. The van der Waals surface area contributed by atoms with Gasteiger partial charge in [-0.2, -0.15) is 0 Å². The Morgan fingerprint density at radius 3 is 2.41 bits per heavy atom. The number of rotatable bonds is 3. The standard InChI is InChI=1S/C15H23N4O2P/c1-22(2,20)15-5-3-14(4-6-15)17-11-16-12-19(13-17)18-7-9-21-10-8-18/h3-6,11H,7-10,12-13H2,1-2H3. The van der Waals surface area contributed by atoms with Gasteiger partial charge in [-0.25, -0.2) is 10.0 Å². The highest BCUT2D eigenvalue weighted by Gasteiger charge is 2.22. The maximum atomic E-state index is 12.1. The largest absolute Gasteiger partial charge is 0.379 e. The van der Waals surface area contributed by atoms with Crippen molar-refractivity contribution >= 4 is 24.5 Å². The summed E-state index contributed by atoms with van der Waals surface area (Å²) in [5.74, 6) is 0. The van der Waals surface area contributed by atoms with Gasteiger partial charge >= 0.3 is 0 Å². The van der Waals surface area contributed by atoms with Crippen LogP contribution in [-0.4, -0.2) is 69.3 Å². The molecule has 0 saturated carbocycles. The maximum Gasteiger partial charge on any atom is 0.109 e. The molecule has 1 saturated heterocycles. The van der Waals surface area contributed by atoms with Crippen LogP contribution in [0.3, 0.4) is 0 Å². The van der Waals surface area contributed by atoms with Crippen LogP contribution in [0.15, 0.2) is 29.3 Å². The lowest BCUT2D eigenvalue weighted by Crippen LogP contribution is -2.54. The highest BCUT2D eigenvalue weighted by atomic mass is 31.2. The second-order valence-electron chi connectivity index (χ2n) is 5.99. The summed E-state index contributed by atoms with van der Waals surface area (Å²) in [6.07, 6.45) is 1.88. The van der Waals surface area contributed by atoms with Crippen LogP contribution in [0.2, 0.25) is 0 Å². The summed E-state index contributed by atoms with van der Waals surface area (Å²) < 4.78 is 17.5. The Bertz CT molecular complexity index is 578. The molecule has 0 unspecified atom stereocenters. The van der Waals surface area contributed by atoms with Crippen molar-refractivity contribution in [3.05, 3.63) is 24.3 Å². The number of hydrogen-bond acceptors (Lipinski definition) is 6. The molecule has 0 spiro atoms. The molecule has 0 amide bonds. The van der Waals surface area contributed by atoms with E-state index in [1.54, 1.807) is 13.3 Å². The van der Waals surface area contributed by atoms with E-state index in [-0.39, 0.29) is 0 Å². The van der Waals surface area contributed by atoms with Crippen LogP contribution in [0.25, 0.3) is 0 Å². The smallest absolute Gasteiger partial charge is 0.109 e. The minimum atomic E-state index is -2.20. The number of anilines is 1. The fourth-order valence-electron chi connectivity index (χ4n) is 2.65. The van der Waals surface area contributed by atoms with E-state index in [4.69, 9.17) is 4.74 Å². The molecule has 120 valence electrons. The van der Waals surface area contributed by atoms with Crippen LogP contribution in [0.4, 0.5) is 5.69 Å². The van der Waals surface area contributed by atoms with Crippen molar-refractivity contribution in [1.29, 1.82) is 0 Å². The average Bonchev–Trinajstić information content (AvgIpc) is 2.55. The number of ether oxygens (including phenoxy) is 1. The molecule has 22 heavy (non-hydrogen) atoms. The number of aliphatic imine (C=N–C) groups is 1. The van der Waals surface area contributed by atoms with Gasteiger partial charge in [0.1, 0.15) is 13.8 Å². The maximum absolute atomic E-state index is 12.1. The Labute approximate surface area is 131 Å². The summed E-state index contributed by atoms with van der Waals surface area (Å²) in [5, 5.41) is 5.45. The Balaban J connectivity index is 1.70. The van der Waals surface area contributed by atoms with E-state index in [0.29, 0.717) is 6.67 Å². The van der Waals surface area contributed by atoms with Crippen LogP contribution < -0.4 is 10.2 Å². The number of morpholine rings is 1. The quantitative estimate of drug-likeness (QED) is 0.784. The molecular formula is C15H23N4O2P. The second kappa shape index (κ2) is 6.50. The van der Waals surface area contributed by atoms with Gasteiger partial charge in [-0.15, -0.1) is 0 Å². The molecule has 0 radical (unpaired) electrons. The molecule has 1 aromatic rings. The third-order valence-corrected chi connectivity index (χ3v) is 5.51. The van der Waals surface area contributed by atoms with Gasteiger partial charge in [0.15, 0.2) is 0 Å². The monoisotopic (exact) mass is 322 g/mol. The minimum absolute atomic E-state index is 0.688. The predicted molar refractivity (Wildman–Crippen MR) is 90.5 cm³/mol. The molecule has 0 bridgehead atoms. The molecule has 2 aliphatic heterocycles. The third kappa shape index (κ3) is 3.58. The first kappa shape index (κ1) is 15.7. The summed E-state index contributed by atoms with van der Waals surface area (Å²) in [5.41, 5.74) is 1.07. The topological polar surface area (TPSA) is 48.4 Å². The Kier molecular flexibility index (Phi) is 4.64. The van der Waals surface area contributed by atoms with E-state index in [1.165, 1.54) is 0 Å². The molecule has 2 aliphatic rings. The normalized spacial score (nSPS) is 21.3.